The van der Waals surface area contributed by atoms with Crippen LogP contribution in [0.15, 0.2) is 66.9 Å². The number of rotatable bonds is 7. The second kappa shape index (κ2) is 12.4. The van der Waals surface area contributed by atoms with Crippen molar-refractivity contribution >= 4 is 11.9 Å². The molecule has 4 rings (SSSR count). The van der Waals surface area contributed by atoms with E-state index in [0.29, 0.717) is 25.7 Å². The minimum absolute atomic E-state index is 0.110. The van der Waals surface area contributed by atoms with Crippen LogP contribution in [0, 0.1) is 12.8 Å². The third-order valence-electron chi connectivity index (χ3n) is 6.90. The SMILES string of the molecule is COc1ccnc(C(=O)N[C@H]2CCC[C@H](Oc3ccc(C)cc3)[C@@H](Cc3ccccc3)[C@H](C)OC2=O)c1O. The molecule has 4 atom stereocenters. The molecule has 2 N–H and O–H groups in total. The van der Waals surface area contributed by atoms with Crippen molar-refractivity contribution < 1.29 is 28.9 Å². The molecular formula is C30H34N2O6. The molecule has 1 fully saturated rings. The summed E-state index contributed by atoms with van der Waals surface area (Å²) in [6.07, 6.45) is 2.99. The van der Waals surface area contributed by atoms with Crippen molar-refractivity contribution in [3.8, 4) is 17.2 Å². The zero-order valence-corrected chi connectivity index (χ0v) is 21.9. The molecule has 0 unspecified atom stereocenters. The van der Waals surface area contributed by atoms with Crippen LogP contribution in [0.25, 0.3) is 0 Å². The highest BCUT2D eigenvalue weighted by molar-refractivity contribution is 5.97. The smallest absolute Gasteiger partial charge is 0.328 e. The van der Waals surface area contributed by atoms with E-state index in [9.17, 15) is 14.7 Å². The monoisotopic (exact) mass is 518 g/mol. The molecule has 200 valence electrons. The number of hydrogen-bond donors (Lipinski definition) is 2. The van der Waals surface area contributed by atoms with Gasteiger partial charge in [0.15, 0.2) is 17.2 Å². The summed E-state index contributed by atoms with van der Waals surface area (Å²) in [4.78, 5) is 30.1. The summed E-state index contributed by atoms with van der Waals surface area (Å²) >= 11 is 0. The molecule has 8 nitrogen and oxygen atoms in total. The number of carbonyl (C=O) groups excluding carboxylic acids is 2. The Morgan fingerprint density at radius 1 is 1.11 bits per heavy atom. The number of aromatic hydroxyl groups is 1. The first-order valence-electron chi connectivity index (χ1n) is 12.9. The average Bonchev–Trinajstić information content (AvgIpc) is 2.96. The van der Waals surface area contributed by atoms with Crippen LogP contribution in [0.4, 0.5) is 0 Å². The van der Waals surface area contributed by atoms with Gasteiger partial charge in [0.25, 0.3) is 5.91 Å². The van der Waals surface area contributed by atoms with E-state index in [-0.39, 0.29) is 29.2 Å². The van der Waals surface area contributed by atoms with Crippen LogP contribution in [0.1, 0.15) is 47.8 Å². The minimum atomic E-state index is -0.896. The molecule has 1 aliphatic heterocycles. The molecule has 2 heterocycles. The van der Waals surface area contributed by atoms with Crippen molar-refractivity contribution in [2.45, 2.75) is 57.8 Å². The molecule has 1 saturated heterocycles. The van der Waals surface area contributed by atoms with Gasteiger partial charge in [0, 0.05) is 18.2 Å². The maximum absolute atomic E-state index is 13.2. The first-order valence-corrected chi connectivity index (χ1v) is 12.9. The third kappa shape index (κ3) is 6.62. The number of nitrogens with zero attached hydrogens (tertiary/aromatic N) is 1. The van der Waals surface area contributed by atoms with E-state index in [0.717, 1.165) is 16.9 Å². The van der Waals surface area contributed by atoms with E-state index in [2.05, 4.69) is 22.4 Å². The summed E-state index contributed by atoms with van der Waals surface area (Å²) in [6.45, 7) is 3.90. The van der Waals surface area contributed by atoms with E-state index in [1.54, 1.807) is 0 Å². The molecule has 3 aromatic rings. The fourth-order valence-electron chi connectivity index (χ4n) is 4.76. The molecule has 0 bridgehead atoms. The van der Waals surface area contributed by atoms with Gasteiger partial charge in [0.2, 0.25) is 0 Å². The number of benzene rings is 2. The Kier molecular flexibility index (Phi) is 8.84. The molecule has 2 aromatic carbocycles. The summed E-state index contributed by atoms with van der Waals surface area (Å²) in [5, 5.41) is 13.0. The van der Waals surface area contributed by atoms with Gasteiger partial charge in [-0.25, -0.2) is 9.78 Å². The predicted molar refractivity (Wildman–Crippen MR) is 142 cm³/mol. The van der Waals surface area contributed by atoms with Crippen molar-refractivity contribution in [1.82, 2.24) is 10.3 Å². The summed E-state index contributed by atoms with van der Waals surface area (Å²) in [7, 11) is 1.38. The van der Waals surface area contributed by atoms with Crippen LogP contribution in [-0.2, 0) is 16.0 Å². The van der Waals surface area contributed by atoms with Crippen LogP contribution in [0.2, 0.25) is 0 Å². The second-order valence-electron chi connectivity index (χ2n) is 9.63. The topological polar surface area (TPSA) is 107 Å². The fourth-order valence-corrected chi connectivity index (χ4v) is 4.76. The third-order valence-corrected chi connectivity index (χ3v) is 6.90. The molecule has 8 heteroatoms. The van der Waals surface area contributed by atoms with E-state index in [1.165, 1.54) is 19.4 Å². The number of pyridine rings is 1. The maximum atomic E-state index is 13.2. The Balaban J connectivity index is 1.55. The standard InChI is InChI=1S/C30H34N2O6/c1-19-12-14-22(15-13-19)38-25-11-7-10-24(32-29(34)27-28(33)26(36-3)16-17-31-27)30(35)37-20(2)23(25)18-21-8-5-4-6-9-21/h4-6,8-9,12-17,20,23-25,33H,7,10-11,18H2,1-3H3,(H,32,34)/t20-,23-,24-,25-/m0/s1. The lowest BCUT2D eigenvalue weighted by atomic mass is 9.87. The number of ether oxygens (including phenoxy) is 3. The van der Waals surface area contributed by atoms with Gasteiger partial charge >= 0.3 is 5.97 Å². The largest absolute Gasteiger partial charge is 0.503 e. The van der Waals surface area contributed by atoms with Crippen molar-refractivity contribution in [1.29, 1.82) is 0 Å². The van der Waals surface area contributed by atoms with Gasteiger partial charge in [-0.05, 0) is 57.2 Å². The number of hydrogen-bond acceptors (Lipinski definition) is 7. The van der Waals surface area contributed by atoms with Gasteiger partial charge < -0.3 is 24.6 Å². The van der Waals surface area contributed by atoms with Gasteiger partial charge in [-0.1, -0.05) is 48.0 Å². The minimum Gasteiger partial charge on any atom is -0.503 e. The van der Waals surface area contributed by atoms with E-state index >= 15 is 0 Å². The van der Waals surface area contributed by atoms with E-state index < -0.39 is 24.0 Å². The highest BCUT2D eigenvalue weighted by atomic mass is 16.5. The quantitative estimate of drug-likeness (QED) is 0.440. The summed E-state index contributed by atoms with van der Waals surface area (Å²) < 4.78 is 17.5. The Morgan fingerprint density at radius 2 is 1.84 bits per heavy atom. The lowest BCUT2D eigenvalue weighted by Gasteiger charge is -2.31. The van der Waals surface area contributed by atoms with Crippen LogP contribution in [0.5, 0.6) is 17.2 Å². The molecule has 1 aliphatic rings. The number of aromatic nitrogens is 1. The van der Waals surface area contributed by atoms with Crippen LogP contribution >= 0.6 is 0 Å². The van der Waals surface area contributed by atoms with Crippen LogP contribution in [-0.4, -0.2) is 47.3 Å². The van der Waals surface area contributed by atoms with E-state index in [4.69, 9.17) is 14.2 Å². The molecule has 0 saturated carbocycles. The number of amides is 1. The van der Waals surface area contributed by atoms with Gasteiger partial charge in [0.1, 0.15) is 24.0 Å². The Hall–Kier alpha value is -4.07. The highest BCUT2D eigenvalue weighted by Gasteiger charge is 2.36. The molecule has 1 amide bonds. The number of esters is 1. The first-order chi connectivity index (χ1) is 18.4. The zero-order chi connectivity index (χ0) is 27.1. The number of nitrogens with one attached hydrogen (secondary N) is 1. The van der Waals surface area contributed by atoms with Crippen molar-refractivity contribution in [3.05, 3.63) is 83.7 Å². The molecule has 38 heavy (non-hydrogen) atoms. The highest BCUT2D eigenvalue weighted by Crippen LogP contribution is 2.30. The van der Waals surface area contributed by atoms with Gasteiger partial charge in [-0.2, -0.15) is 0 Å². The Bertz CT molecular complexity index is 1230. The molecular weight excluding hydrogens is 484 g/mol. The Morgan fingerprint density at radius 3 is 2.55 bits per heavy atom. The summed E-state index contributed by atoms with van der Waals surface area (Å²) in [5.74, 6) is -0.810. The molecule has 0 radical (unpaired) electrons. The van der Waals surface area contributed by atoms with Crippen LogP contribution < -0.4 is 14.8 Å². The zero-order valence-electron chi connectivity index (χ0n) is 21.9. The van der Waals surface area contributed by atoms with Gasteiger partial charge in [0.05, 0.1) is 7.11 Å². The van der Waals surface area contributed by atoms with Crippen molar-refractivity contribution in [3.63, 3.8) is 0 Å². The second-order valence-corrected chi connectivity index (χ2v) is 9.63. The number of aryl methyl sites for hydroxylation is 1. The number of carbonyl (C=O) groups is 2. The molecule has 0 aliphatic carbocycles. The molecule has 0 spiro atoms. The Labute approximate surface area is 223 Å². The fraction of sp³-hybridized carbons (Fsp3) is 0.367. The normalized spacial score (nSPS) is 21.8. The number of methoxy groups -OCH3 is 1. The summed E-state index contributed by atoms with van der Waals surface area (Å²) in [5.41, 5.74) is 2.05. The average molecular weight is 519 g/mol. The number of cyclic esters (lactones) is 1. The van der Waals surface area contributed by atoms with Crippen molar-refractivity contribution in [2.24, 2.45) is 5.92 Å². The van der Waals surface area contributed by atoms with Gasteiger partial charge in [-0.3, -0.25) is 4.79 Å². The van der Waals surface area contributed by atoms with E-state index in [1.807, 2.05) is 56.3 Å². The molecule has 1 aromatic heterocycles. The van der Waals surface area contributed by atoms with Crippen molar-refractivity contribution in [2.75, 3.05) is 7.11 Å². The lowest BCUT2D eigenvalue weighted by Crippen LogP contribution is -2.44. The first kappa shape index (κ1) is 27.0. The predicted octanol–water partition coefficient (Wildman–Crippen LogP) is 4.62. The van der Waals surface area contributed by atoms with Crippen LogP contribution in [0.3, 0.4) is 0 Å². The van der Waals surface area contributed by atoms with Gasteiger partial charge in [-0.15, -0.1) is 0 Å². The maximum Gasteiger partial charge on any atom is 0.328 e. The lowest BCUT2D eigenvalue weighted by molar-refractivity contribution is -0.154. The summed E-state index contributed by atoms with van der Waals surface area (Å²) in [6, 6.07) is 18.5.